The van der Waals surface area contributed by atoms with Gasteiger partial charge < -0.3 is 10.1 Å². The number of sulfonamides is 1. The molecule has 0 bridgehead atoms. The summed E-state index contributed by atoms with van der Waals surface area (Å²) in [6, 6.07) is 8.00. The predicted octanol–water partition coefficient (Wildman–Crippen LogP) is 4.24. The van der Waals surface area contributed by atoms with Gasteiger partial charge in [0.1, 0.15) is 5.75 Å². The number of aryl methyl sites for hydroxylation is 2. The van der Waals surface area contributed by atoms with Crippen LogP contribution in [0.2, 0.25) is 5.02 Å². The van der Waals surface area contributed by atoms with E-state index in [0.29, 0.717) is 11.4 Å². The Bertz CT molecular complexity index is 996. The van der Waals surface area contributed by atoms with Crippen molar-refractivity contribution >= 4 is 49.1 Å². The van der Waals surface area contributed by atoms with Crippen molar-refractivity contribution in [1.29, 1.82) is 0 Å². The lowest BCUT2D eigenvalue weighted by atomic mass is 10.1. The Labute approximate surface area is 179 Å². The molecule has 6 nitrogen and oxygen atoms in total. The molecule has 9 heteroatoms. The molecule has 2 aromatic carbocycles. The van der Waals surface area contributed by atoms with Crippen LogP contribution in [0.15, 0.2) is 39.7 Å². The summed E-state index contributed by atoms with van der Waals surface area (Å²) in [5.41, 5.74) is 2.56. The maximum absolute atomic E-state index is 12.7. The number of benzene rings is 2. The highest BCUT2D eigenvalue weighted by molar-refractivity contribution is 9.10. The van der Waals surface area contributed by atoms with Crippen LogP contribution in [0.5, 0.6) is 5.75 Å². The molecule has 0 fully saturated rings. The first-order valence-corrected chi connectivity index (χ1v) is 11.1. The van der Waals surface area contributed by atoms with Crippen LogP contribution in [0, 0.1) is 6.92 Å². The summed E-state index contributed by atoms with van der Waals surface area (Å²) in [5, 5.41) is 3.01. The van der Waals surface area contributed by atoms with Crippen LogP contribution < -0.4 is 10.1 Å². The predicted molar refractivity (Wildman–Crippen MR) is 115 cm³/mol. The Morgan fingerprint density at radius 3 is 2.54 bits per heavy atom. The molecule has 2 rings (SSSR count). The largest absolute Gasteiger partial charge is 0.495 e. The Morgan fingerprint density at radius 2 is 1.96 bits per heavy atom. The van der Waals surface area contributed by atoms with Gasteiger partial charge in [0.05, 0.1) is 23.6 Å². The smallest absolute Gasteiger partial charge is 0.243 e. The summed E-state index contributed by atoms with van der Waals surface area (Å²) < 4.78 is 32.4. The van der Waals surface area contributed by atoms with Gasteiger partial charge in [-0.1, -0.05) is 34.5 Å². The van der Waals surface area contributed by atoms with Crippen LogP contribution in [-0.2, 0) is 21.2 Å². The second kappa shape index (κ2) is 9.26. The minimum absolute atomic E-state index is 0.0114. The van der Waals surface area contributed by atoms with Crippen molar-refractivity contribution in [3.63, 3.8) is 0 Å². The number of hydrogen-bond donors (Lipinski definition) is 1. The number of ether oxygens (including phenoxy) is 1. The van der Waals surface area contributed by atoms with Gasteiger partial charge in [-0.15, -0.1) is 0 Å². The molecule has 0 atom stereocenters. The van der Waals surface area contributed by atoms with E-state index in [1.165, 1.54) is 32.4 Å². The number of methoxy groups -OCH3 is 1. The average molecular weight is 490 g/mol. The van der Waals surface area contributed by atoms with Gasteiger partial charge in [-0.3, -0.25) is 4.79 Å². The Hall–Kier alpha value is -1.61. The second-order valence-corrected chi connectivity index (χ2v) is 9.58. The summed E-state index contributed by atoms with van der Waals surface area (Å²) in [7, 11) is -1.09. The minimum atomic E-state index is -3.88. The number of anilines is 1. The molecule has 0 aliphatic rings. The molecule has 152 valence electrons. The maximum Gasteiger partial charge on any atom is 0.243 e. The fraction of sp³-hybridized carbons (Fsp3) is 0.316. The highest BCUT2D eigenvalue weighted by Gasteiger charge is 2.24. The maximum atomic E-state index is 12.7. The van der Waals surface area contributed by atoms with E-state index in [1.54, 1.807) is 0 Å². The molecular formula is C19H22BrClN2O4S. The van der Waals surface area contributed by atoms with E-state index < -0.39 is 15.9 Å². The minimum Gasteiger partial charge on any atom is -0.495 e. The average Bonchev–Trinajstić information content (AvgIpc) is 2.63. The number of amides is 1. The van der Waals surface area contributed by atoms with E-state index >= 15 is 0 Å². The topological polar surface area (TPSA) is 75.7 Å². The number of carbonyl (C=O) groups excluding carboxylic acids is 1. The van der Waals surface area contributed by atoms with E-state index in [9.17, 15) is 13.2 Å². The summed E-state index contributed by atoms with van der Waals surface area (Å²) in [6.07, 6.45) is 0.731. The molecule has 1 amide bonds. The van der Waals surface area contributed by atoms with Crippen molar-refractivity contribution in [3.05, 3.63) is 51.0 Å². The molecule has 0 heterocycles. The lowest BCUT2D eigenvalue weighted by molar-refractivity contribution is -0.116. The first-order valence-electron chi connectivity index (χ1n) is 8.48. The number of halogens is 2. The molecule has 0 saturated carbocycles. The molecular weight excluding hydrogens is 468 g/mol. The van der Waals surface area contributed by atoms with Crippen LogP contribution in [0.25, 0.3) is 0 Å². The summed E-state index contributed by atoms with van der Waals surface area (Å²) in [6.45, 7) is 3.55. The van der Waals surface area contributed by atoms with Gasteiger partial charge in [-0.2, -0.15) is 4.31 Å². The van der Waals surface area contributed by atoms with Gasteiger partial charge in [0.2, 0.25) is 15.9 Å². The molecule has 0 saturated heterocycles. The normalized spacial score (nSPS) is 11.5. The van der Waals surface area contributed by atoms with Gasteiger partial charge in [0.15, 0.2) is 0 Å². The molecule has 0 aliphatic heterocycles. The van der Waals surface area contributed by atoms with Gasteiger partial charge >= 0.3 is 0 Å². The third-order valence-corrected chi connectivity index (χ3v) is 6.78. The number of rotatable bonds is 7. The fourth-order valence-electron chi connectivity index (χ4n) is 2.72. The molecule has 0 aliphatic carbocycles. The van der Waals surface area contributed by atoms with E-state index in [-0.39, 0.29) is 16.5 Å². The van der Waals surface area contributed by atoms with Gasteiger partial charge in [0.25, 0.3) is 0 Å². The van der Waals surface area contributed by atoms with Gasteiger partial charge in [-0.05, 0) is 54.8 Å². The monoisotopic (exact) mass is 488 g/mol. The van der Waals surface area contributed by atoms with Crippen LogP contribution in [0.1, 0.15) is 18.1 Å². The van der Waals surface area contributed by atoms with Crippen molar-refractivity contribution in [2.24, 2.45) is 0 Å². The van der Waals surface area contributed by atoms with E-state index in [4.69, 9.17) is 16.3 Å². The highest BCUT2D eigenvalue weighted by atomic mass is 79.9. The van der Waals surface area contributed by atoms with Crippen LogP contribution in [0.4, 0.5) is 5.69 Å². The van der Waals surface area contributed by atoms with Gasteiger partial charge in [-0.25, -0.2) is 8.42 Å². The van der Waals surface area contributed by atoms with E-state index in [1.807, 2.05) is 26.0 Å². The summed E-state index contributed by atoms with van der Waals surface area (Å²) >= 11 is 9.47. The second-order valence-electron chi connectivity index (χ2n) is 6.22. The third-order valence-electron chi connectivity index (χ3n) is 4.22. The Balaban J connectivity index is 2.19. The first kappa shape index (κ1) is 22.7. The number of nitrogens with zero attached hydrogens (tertiary/aromatic N) is 1. The molecule has 1 N–H and O–H groups in total. The van der Waals surface area contributed by atoms with Crippen molar-refractivity contribution < 1.29 is 17.9 Å². The lowest BCUT2D eigenvalue weighted by Crippen LogP contribution is -2.35. The van der Waals surface area contributed by atoms with E-state index in [2.05, 4.69) is 21.2 Å². The zero-order valence-electron chi connectivity index (χ0n) is 16.0. The van der Waals surface area contributed by atoms with E-state index in [0.717, 1.165) is 26.3 Å². The first-order chi connectivity index (χ1) is 13.1. The molecule has 28 heavy (non-hydrogen) atoms. The Morgan fingerprint density at radius 1 is 1.29 bits per heavy atom. The zero-order valence-corrected chi connectivity index (χ0v) is 19.2. The van der Waals surface area contributed by atoms with Crippen LogP contribution in [-0.4, -0.2) is 39.3 Å². The molecule has 0 spiro atoms. The standard InChI is InChI=1S/C19H22BrClN2O4S/c1-5-13-9-14(20)8-12(2)19(13)22-18(24)11-23(3)28(25,26)15-6-7-17(27-4)16(21)10-15/h6-10H,5,11H2,1-4H3,(H,22,24). The Kier molecular flexibility index (Phi) is 7.50. The molecule has 0 unspecified atom stereocenters. The van der Waals surface area contributed by atoms with Crippen molar-refractivity contribution in [2.75, 3.05) is 26.0 Å². The number of nitrogens with one attached hydrogen (secondary N) is 1. The number of likely N-dealkylation sites (N-methyl/N-ethyl adjacent to an activating group) is 1. The zero-order chi connectivity index (χ0) is 21.1. The number of hydrogen-bond acceptors (Lipinski definition) is 4. The summed E-state index contributed by atoms with van der Waals surface area (Å²) in [5.74, 6) is -0.0513. The summed E-state index contributed by atoms with van der Waals surface area (Å²) in [4.78, 5) is 12.5. The van der Waals surface area contributed by atoms with Crippen molar-refractivity contribution in [2.45, 2.75) is 25.2 Å². The molecule has 0 radical (unpaired) electrons. The quantitative estimate of drug-likeness (QED) is 0.631. The number of carbonyl (C=O) groups is 1. The highest BCUT2D eigenvalue weighted by Crippen LogP contribution is 2.29. The van der Waals surface area contributed by atoms with Crippen molar-refractivity contribution in [1.82, 2.24) is 4.31 Å². The SMILES string of the molecule is CCc1cc(Br)cc(C)c1NC(=O)CN(C)S(=O)(=O)c1ccc(OC)c(Cl)c1. The van der Waals surface area contributed by atoms with Crippen molar-refractivity contribution in [3.8, 4) is 5.75 Å². The van der Waals surface area contributed by atoms with Crippen LogP contribution >= 0.6 is 27.5 Å². The third kappa shape index (κ3) is 5.05. The molecule has 2 aromatic rings. The lowest BCUT2D eigenvalue weighted by Gasteiger charge is -2.19. The van der Waals surface area contributed by atoms with Gasteiger partial charge in [0, 0.05) is 17.2 Å². The molecule has 0 aromatic heterocycles. The fourth-order valence-corrected chi connectivity index (χ4v) is 4.82. The van der Waals surface area contributed by atoms with Crippen LogP contribution in [0.3, 0.4) is 0 Å².